The third kappa shape index (κ3) is 5.52. The average Bonchev–Trinajstić information content (AvgIpc) is 2.56. The van der Waals surface area contributed by atoms with Crippen LogP contribution in [0.15, 0.2) is 42.5 Å². The maximum atomic E-state index is 12.3. The lowest BCUT2D eigenvalue weighted by atomic mass is 10.1. The molecule has 2 rings (SSSR count). The van der Waals surface area contributed by atoms with Gasteiger partial charge in [-0.25, -0.2) is 0 Å². The Labute approximate surface area is 150 Å². The van der Waals surface area contributed by atoms with Crippen molar-refractivity contribution in [1.82, 2.24) is 5.32 Å². The molecule has 1 N–H and O–H groups in total. The third-order valence-electron chi connectivity index (χ3n) is 3.97. The Kier molecular flexibility index (Phi) is 6.45. The van der Waals surface area contributed by atoms with Crippen LogP contribution in [0.2, 0.25) is 0 Å². The summed E-state index contributed by atoms with van der Waals surface area (Å²) in [6, 6.07) is 13.6. The molecule has 4 heteroatoms. The zero-order valence-electron chi connectivity index (χ0n) is 15.6. The molecule has 2 aromatic carbocycles. The fraction of sp³-hybridized carbons (Fsp3) is 0.381. The van der Waals surface area contributed by atoms with Crippen molar-refractivity contribution < 1.29 is 14.3 Å². The van der Waals surface area contributed by atoms with Gasteiger partial charge in [0.15, 0.2) is 6.10 Å². The number of rotatable bonds is 7. The highest BCUT2D eigenvalue weighted by Crippen LogP contribution is 2.20. The van der Waals surface area contributed by atoms with Crippen molar-refractivity contribution in [2.24, 2.45) is 0 Å². The highest BCUT2D eigenvalue weighted by atomic mass is 16.5. The second kappa shape index (κ2) is 8.56. The highest BCUT2D eigenvalue weighted by molar-refractivity contribution is 5.81. The molecule has 0 bridgehead atoms. The number of hydrogen-bond donors (Lipinski definition) is 1. The molecule has 1 amide bonds. The van der Waals surface area contributed by atoms with Crippen molar-refractivity contribution in [2.45, 2.75) is 46.8 Å². The van der Waals surface area contributed by atoms with Crippen LogP contribution in [-0.2, 0) is 4.79 Å². The van der Waals surface area contributed by atoms with Gasteiger partial charge in [-0.1, -0.05) is 35.9 Å². The second-order valence-electron chi connectivity index (χ2n) is 6.52. The summed E-state index contributed by atoms with van der Waals surface area (Å²) in [6.45, 7) is 10.1. The molecule has 0 aliphatic heterocycles. The van der Waals surface area contributed by atoms with Crippen LogP contribution in [0.4, 0.5) is 0 Å². The molecule has 4 nitrogen and oxygen atoms in total. The van der Waals surface area contributed by atoms with E-state index in [9.17, 15) is 4.79 Å². The molecule has 0 heterocycles. The lowest BCUT2D eigenvalue weighted by molar-refractivity contribution is -0.128. The van der Waals surface area contributed by atoms with Crippen LogP contribution in [0.1, 0.15) is 30.5 Å². The molecular formula is C21H27NO3. The van der Waals surface area contributed by atoms with Gasteiger partial charge in [0, 0.05) is 0 Å². The molecule has 2 atom stereocenters. The van der Waals surface area contributed by atoms with Gasteiger partial charge in [-0.15, -0.1) is 0 Å². The first-order valence-corrected chi connectivity index (χ1v) is 8.59. The lowest BCUT2D eigenvalue weighted by Gasteiger charge is -2.20. The molecule has 0 radical (unpaired) electrons. The molecule has 0 aromatic heterocycles. The molecule has 0 aliphatic rings. The maximum absolute atomic E-state index is 12.3. The van der Waals surface area contributed by atoms with E-state index in [1.165, 1.54) is 5.56 Å². The molecule has 134 valence electrons. The van der Waals surface area contributed by atoms with Crippen molar-refractivity contribution in [2.75, 3.05) is 6.61 Å². The number of nitrogens with one attached hydrogen (secondary N) is 1. The van der Waals surface area contributed by atoms with Crippen LogP contribution in [0.3, 0.4) is 0 Å². The smallest absolute Gasteiger partial charge is 0.261 e. The van der Waals surface area contributed by atoms with Gasteiger partial charge in [0.2, 0.25) is 0 Å². The molecule has 0 saturated carbocycles. The van der Waals surface area contributed by atoms with E-state index in [1.807, 2.05) is 70.2 Å². The quantitative estimate of drug-likeness (QED) is 0.829. The monoisotopic (exact) mass is 341 g/mol. The lowest BCUT2D eigenvalue weighted by Crippen LogP contribution is -2.43. The summed E-state index contributed by atoms with van der Waals surface area (Å²) in [7, 11) is 0. The molecule has 25 heavy (non-hydrogen) atoms. The molecule has 0 fully saturated rings. The van der Waals surface area contributed by atoms with E-state index in [2.05, 4.69) is 5.32 Å². The van der Waals surface area contributed by atoms with E-state index in [0.29, 0.717) is 6.61 Å². The summed E-state index contributed by atoms with van der Waals surface area (Å²) in [4.78, 5) is 12.3. The number of hydrogen-bond acceptors (Lipinski definition) is 3. The minimum atomic E-state index is -0.567. The van der Waals surface area contributed by atoms with Crippen molar-refractivity contribution >= 4 is 5.91 Å². The van der Waals surface area contributed by atoms with E-state index in [4.69, 9.17) is 9.47 Å². The number of amides is 1. The van der Waals surface area contributed by atoms with Crippen LogP contribution >= 0.6 is 0 Å². The zero-order chi connectivity index (χ0) is 18.4. The number of benzene rings is 2. The van der Waals surface area contributed by atoms with Gasteiger partial charge >= 0.3 is 0 Å². The molecule has 2 aromatic rings. The molecule has 0 saturated heterocycles. The fourth-order valence-electron chi connectivity index (χ4n) is 2.51. The van der Waals surface area contributed by atoms with Gasteiger partial charge in [-0.2, -0.15) is 0 Å². The van der Waals surface area contributed by atoms with Crippen LogP contribution in [-0.4, -0.2) is 24.7 Å². The summed E-state index contributed by atoms with van der Waals surface area (Å²) >= 11 is 0. The zero-order valence-corrected chi connectivity index (χ0v) is 15.6. The van der Waals surface area contributed by atoms with Crippen molar-refractivity contribution in [3.8, 4) is 11.5 Å². The Balaban J connectivity index is 1.84. The second-order valence-corrected chi connectivity index (χ2v) is 6.52. The molecule has 0 unspecified atom stereocenters. The van der Waals surface area contributed by atoms with Crippen LogP contribution in [0.5, 0.6) is 11.5 Å². The summed E-state index contributed by atoms with van der Waals surface area (Å²) in [5, 5.41) is 2.93. The predicted molar refractivity (Wildman–Crippen MR) is 100 cm³/mol. The number of carbonyl (C=O) groups excluding carboxylic acids is 1. The van der Waals surface area contributed by atoms with E-state index in [-0.39, 0.29) is 11.9 Å². The van der Waals surface area contributed by atoms with E-state index >= 15 is 0 Å². The predicted octanol–water partition coefficient (Wildman–Crippen LogP) is 3.96. The summed E-state index contributed by atoms with van der Waals surface area (Å²) in [5.41, 5.74) is 3.27. The molecular weight excluding hydrogens is 314 g/mol. The summed E-state index contributed by atoms with van der Waals surface area (Å²) < 4.78 is 11.6. The molecule has 0 spiro atoms. The van der Waals surface area contributed by atoms with Crippen molar-refractivity contribution in [3.63, 3.8) is 0 Å². The number of ether oxygens (including phenoxy) is 2. The first-order valence-electron chi connectivity index (χ1n) is 8.59. The number of para-hydroxylation sites is 1. The summed E-state index contributed by atoms with van der Waals surface area (Å²) in [6.07, 6.45) is -0.567. The van der Waals surface area contributed by atoms with Gasteiger partial charge in [-0.3, -0.25) is 4.79 Å². The molecule has 0 aliphatic carbocycles. The highest BCUT2D eigenvalue weighted by Gasteiger charge is 2.18. The summed E-state index contributed by atoms with van der Waals surface area (Å²) in [5.74, 6) is 1.42. The first-order chi connectivity index (χ1) is 11.9. The van der Waals surface area contributed by atoms with Gasteiger partial charge in [0.05, 0.1) is 6.04 Å². The van der Waals surface area contributed by atoms with E-state index in [0.717, 1.165) is 22.6 Å². The van der Waals surface area contributed by atoms with Crippen LogP contribution in [0, 0.1) is 20.8 Å². The number of carbonyl (C=O) groups is 1. The van der Waals surface area contributed by atoms with Crippen molar-refractivity contribution in [3.05, 3.63) is 59.2 Å². The minimum Gasteiger partial charge on any atom is -0.491 e. The SMILES string of the molecule is Cc1ccc(O[C@@H](C)C(=O)N[C@H](C)COc2ccccc2C)c(C)c1. The Morgan fingerprint density at radius 3 is 2.40 bits per heavy atom. The largest absolute Gasteiger partial charge is 0.491 e. The van der Waals surface area contributed by atoms with E-state index < -0.39 is 6.10 Å². The Bertz CT molecular complexity index is 727. The number of aryl methyl sites for hydroxylation is 3. The Morgan fingerprint density at radius 2 is 1.72 bits per heavy atom. The normalized spacial score (nSPS) is 13.0. The Hall–Kier alpha value is -2.49. The minimum absolute atomic E-state index is 0.114. The Morgan fingerprint density at radius 1 is 1.00 bits per heavy atom. The van der Waals surface area contributed by atoms with Crippen LogP contribution < -0.4 is 14.8 Å². The van der Waals surface area contributed by atoms with Gasteiger partial charge < -0.3 is 14.8 Å². The standard InChI is InChI=1S/C21H27NO3/c1-14-10-11-20(16(3)12-14)25-18(5)21(23)22-17(4)13-24-19-9-7-6-8-15(19)2/h6-12,17-18H,13H2,1-5H3,(H,22,23)/t17-,18+/m1/s1. The van der Waals surface area contributed by atoms with Crippen LogP contribution in [0.25, 0.3) is 0 Å². The fourth-order valence-corrected chi connectivity index (χ4v) is 2.51. The topological polar surface area (TPSA) is 47.6 Å². The van der Waals surface area contributed by atoms with E-state index in [1.54, 1.807) is 6.92 Å². The third-order valence-corrected chi connectivity index (χ3v) is 3.97. The van der Waals surface area contributed by atoms with Gasteiger partial charge in [0.25, 0.3) is 5.91 Å². The van der Waals surface area contributed by atoms with Gasteiger partial charge in [-0.05, 0) is 57.9 Å². The van der Waals surface area contributed by atoms with Crippen molar-refractivity contribution in [1.29, 1.82) is 0 Å². The first kappa shape index (κ1) is 18.8. The van der Waals surface area contributed by atoms with Gasteiger partial charge in [0.1, 0.15) is 18.1 Å². The maximum Gasteiger partial charge on any atom is 0.261 e. The average molecular weight is 341 g/mol.